The van der Waals surface area contributed by atoms with E-state index in [1.807, 2.05) is 13.8 Å². The lowest BCUT2D eigenvalue weighted by Crippen LogP contribution is -2.21. The zero-order valence-electron chi connectivity index (χ0n) is 7.43. The standard InChI is InChI=1S/C8H12ClNO2/c1-5(9)6(11)7-10-8(2,3)4-12-7/h5H,4H2,1-3H3/t5-/m1/s1. The first-order chi connectivity index (χ1) is 5.42. The van der Waals surface area contributed by atoms with Crippen molar-refractivity contribution < 1.29 is 9.53 Å². The second kappa shape index (κ2) is 3.05. The topological polar surface area (TPSA) is 38.7 Å². The van der Waals surface area contributed by atoms with Crippen molar-refractivity contribution in [2.24, 2.45) is 4.99 Å². The summed E-state index contributed by atoms with van der Waals surface area (Å²) in [6.07, 6.45) is 0. The molecule has 0 bridgehead atoms. The molecule has 0 aliphatic carbocycles. The Hall–Kier alpha value is -0.570. The van der Waals surface area contributed by atoms with Crippen molar-refractivity contribution in [3.63, 3.8) is 0 Å². The molecule has 12 heavy (non-hydrogen) atoms. The lowest BCUT2D eigenvalue weighted by Gasteiger charge is -2.07. The fourth-order valence-corrected chi connectivity index (χ4v) is 0.974. The third-order valence-corrected chi connectivity index (χ3v) is 1.74. The summed E-state index contributed by atoms with van der Waals surface area (Å²) in [5, 5.41) is -0.558. The molecule has 0 saturated heterocycles. The van der Waals surface area contributed by atoms with Gasteiger partial charge in [-0.1, -0.05) is 0 Å². The van der Waals surface area contributed by atoms with Crippen LogP contribution in [0.3, 0.4) is 0 Å². The molecule has 1 aliphatic heterocycles. The third kappa shape index (κ3) is 1.97. The van der Waals surface area contributed by atoms with E-state index in [2.05, 4.69) is 4.99 Å². The fourth-order valence-electron chi connectivity index (χ4n) is 0.881. The van der Waals surface area contributed by atoms with Gasteiger partial charge in [-0.3, -0.25) is 4.79 Å². The minimum absolute atomic E-state index is 0.169. The molecule has 4 heteroatoms. The maximum Gasteiger partial charge on any atom is 0.255 e. The number of hydrogen-bond acceptors (Lipinski definition) is 3. The average molecular weight is 190 g/mol. The van der Waals surface area contributed by atoms with Crippen LogP contribution in [0.2, 0.25) is 0 Å². The van der Waals surface area contributed by atoms with E-state index >= 15 is 0 Å². The summed E-state index contributed by atoms with van der Waals surface area (Å²) in [6, 6.07) is 0. The number of ether oxygens (including phenoxy) is 1. The Bertz CT molecular complexity index is 233. The monoisotopic (exact) mass is 189 g/mol. The van der Waals surface area contributed by atoms with Gasteiger partial charge in [0.05, 0.1) is 10.9 Å². The SMILES string of the molecule is C[C@@H](Cl)C(=O)C1=NC(C)(C)CO1. The van der Waals surface area contributed by atoms with Crippen LogP contribution in [0.5, 0.6) is 0 Å². The van der Waals surface area contributed by atoms with Crippen LogP contribution in [0.25, 0.3) is 0 Å². The van der Waals surface area contributed by atoms with Crippen molar-refractivity contribution in [2.75, 3.05) is 6.61 Å². The molecule has 0 spiro atoms. The van der Waals surface area contributed by atoms with Gasteiger partial charge >= 0.3 is 0 Å². The molecule has 1 rings (SSSR count). The first-order valence-corrected chi connectivity index (χ1v) is 4.27. The number of alkyl halides is 1. The first-order valence-electron chi connectivity index (χ1n) is 3.83. The van der Waals surface area contributed by atoms with E-state index in [0.29, 0.717) is 6.61 Å². The van der Waals surface area contributed by atoms with Crippen LogP contribution < -0.4 is 0 Å². The molecule has 0 aromatic heterocycles. The van der Waals surface area contributed by atoms with Crippen LogP contribution in [0, 0.1) is 0 Å². The zero-order valence-corrected chi connectivity index (χ0v) is 8.18. The summed E-state index contributed by atoms with van der Waals surface area (Å²) in [7, 11) is 0. The highest BCUT2D eigenvalue weighted by Gasteiger charge is 2.31. The van der Waals surface area contributed by atoms with Gasteiger partial charge in [0.1, 0.15) is 6.61 Å². The number of rotatable bonds is 2. The van der Waals surface area contributed by atoms with Crippen LogP contribution in [0.4, 0.5) is 0 Å². The number of ketones is 1. The molecule has 0 amide bonds. The van der Waals surface area contributed by atoms with Gasteiger partial charge in [0.15, 0.2) is 0 Å². The fraction of sp³-hybridized carbons (Fsp3) is 0.750. The van der Waals surface area contributed by atoms with Crippen molar-refractivity contribution in [3.05, 3.63) is 0 Å². The predicted molar refractivity (Wildman–Crippen MR) is 47.8 cm³/mol. The molecular weight excluding hydrogens is 178 g/mol. The number of hydrogen-bond donors (Lipinski definition) is 0. The van der Waals surface area contributed by atoms with E-state index in [1.54, 1.807) is 6.92 Å². The predicted octanol–water partition coefficient (Wildman–Crippen LogP) is 1.39. The maximum absolute atomic E-state index is 11.2. The van der Waals surface area contributed by atoms with E-state index in [4.69, 9.17) is 16.3 Å². The number of carbonyl (C=O) groups excluding carboxylic acids is 1. The molecule has 0 aromatic carbocycles. The molecule has 3 nitrogen and oxygen atoms in total. The van der Waals surface area contributed by atoms with Gasteiger partial charge in [-0.25, -0.2) is 4.99 Å². The Morgan fingerprint density at radius 2 is 2.33 bits per heavy atom. The van der Waals surface area contributed by atoms with Crippen molar-refractivity contribution in [1.82, 2.24) is 0 Å². The highest BCUT2D eigenvalue weighted by Crippen LogP contribution is 2.18. The highest BCUT2D eigenvalue weighted by atomic mass is 35.5. The van der Waals surface area contributed by atoms with E-state index < -0.39 is 5.38 Å². The molecule has 0 saturated carbocycles. The van der Waals surface area contributed by atoms with Gasteiger partial charge in [0.25, 0.3) is 5.90 Å². The second-order valence-corrected chi connectivity index (χ2v) is 4.15. The molecule has 0 radical (unpaired) electrons. The molecule has 0 aromatic rings. The van der Waals surface area contributed by atoms with Crippen LogP contribution in [0.1, 0.15) is 20.8 Å². The Morgan fingerprint density at radius 1 is 1.75 bits per heavy atom. The Labute approximate surface area is 76.8 Å². The molecule has 1 atom stereocenters. The van der Waals surface area contributed by atoms with Crippen molar-refractivity contribution in [3.8, 4) is 0 Å². The van der Waals surface area contributed by atoms with Crippen LogP contribution in [-0.2, 0) is 9.53 Å². The molecule has 68 valence electrons. The van der Waals surface area contributed by atoms with Gasteiger partial charge in [-0.15, -0.1) is 11.6 Å². The van der Waals surface area contributed by atoms with E-state index in [0.717, 1.165) is 0 Å². The van der Waals surface area contributed by atoms with E-state index in [-0.39, 0.29) is 17.2 Å². The summed E-state index contributed by atoms with van der Waals surface area (Å²) in [5.41, 5.74) is -0.281. The van der Waals surface area contributed by atoms with Crippen molar-refractivity contribution in [1.29, 1.82) is 0 Å². The Morgan fingerprint density at radius 3 is 2.67 bits per heavy atom. The Kier molecular flexibility index (Phi) is 2.42. The summed E-state index contributed by atoms with van der Waals surface area (Å²) >= 11 is 5.59. The minimum atomic E-state index is -0.558. The number of halogens is 1. The number of nitrogens with zero attached hydrogens (tertiary/aromatic N) is 1. The van der Waals surface area contributed by atoms with Gasteiger partial charge in [-0.2, -0.15) is 0 Å². The van der Waals surface area contributed by atoms with Crippen LogP contribution in [-0.4, -0.2) is 29.2 Å². The average Bonchev–Trinajstić information content (AvgIpc) is 2.28. The quantitative estimate of drug-likeness (QED) is 0.616. The van der Waals surface area contributed by atoms with Crippen LogP contribution >= 0.6 is 11.6 Å². The van der Waals surface area contributed by atoms with Gasteiger partial charge < -0.3 is 4.74 Å². The second-order valence-electron chi connectivity index (χ2n) is 3.50. The largest absolute Gasteiger partial charge is 0.473 e. The molecule has 1 heterocycles. The molecular formula is C8H12ClNO2. The lowest BCUT2D eigenvalue weighted by atomic mass is 10.1. The molecule has 0 fully saturated rings. The zero-order chi connectivity index (χ0) is 9.35. The maximum atomic E-state index is 11.2. The van der Waals surface area contributed by atoms with Crippen molar-refractivity contribution in [2.45, 2.75) is 31.7 Å². The Balaban J connectivity index is 2.73. The smallest absolute Gasteiger partial charge is 0.255 e. The summed E-state index contributed by atoms with van der Waals surface area (Å²) in [6.45, 7) is 5.89. The van der Waals surface area contributed by atoms with Crippen molar-refractivity contribution >= 4 is 23.3 Å². The van der Waals surface area contributed by atoms with E-state index in [9.17, 15) is 4.79 Å². The summed E-state index contributed by atoms with van der Waals surface area (Å²) < 4.78 is 5.11. The number of carbonyl (C=O) groups is 1. The van der Waals surface area contributed by atoms with Gasteiger partial charge in [-0.05, 0) is 20.8 Å². The van der Waals surface area contributed by atoms with Gasteiger partial charge in [0, 0.05) is 0 Å². The number of Topliss-reactive ketones (excluding diaryl/α,β-unsaturated/α-hetero) is 1. The van der Waals surface area contributed by atoms with E-state index in [1.165, 1.54) is 0 Å². The summed E-state index contributed by atoms with van der Waals surface area (Å²) in [4.78, 5) is 15.3. The lowest BCUT2D eigenvalue weighted by molar-refractivity contribution is -0.113. The summed E-state index contributed by atoms with van der Waals surface area (Å²) in [5.74, 6) is -0.0651. The highest BCUT2D eigenvalue weighted by molar-refractivity contribution is 6.49. The molecule has 0 unspecified atom stereocenters. The minimum Gasteiger partial charge on any atom is -0.473 e. The molecule has 1 aliphatic rings. The normalized spacial score (nSPS) is 22.8. The van der Waals surface area contributed by atoms with Crippen LogP contribution in [0.15, 0.2) is 4.99 Å². The third-order valence-electron chi connectivity index (χ3n) is 1.54. The molecule has 0 N–H and O–H groups in total. The van der Waals surface area contributed by atoms with Gasteiger partial charge in [0.2, 0.25) is 5.78 Å². The number of aliphatic imine (C=N–C) groups is 1. The first kappa shape index (κ1) is 9.52.